The van der Waals surface area contributed by atoms with Gasteiger partial charge in [0.05, 0.1) is 6.04 Å². The summed E-state index contributed by atoms with van der Waals surface area (Å²) in [4.78, 5) is 59.0. The summed E-state index contributed by atoms with van der Waals surface area (Å²) >= 11 is 0. The molecule has 12 nitrogen and oxygen atoms in total. The van der Waals surface area contributed by atoms with Crippen molar-refractivity contribution < 1.29 is 24.3 Å². The molecule has 0 spiro atoms. The van der Waals surface area contributed by atoms with E-state index in [0.717, 1.165) is 32.9 Å². The molecule has 0 saturated heterocycles. The number of aromatic amines is 2. The highest BCUT2D eigenvalue weighted by molar-refractivity contribution is 5.95. The summed E-state index contributed by atoms with van der Waals surface area (Å²) in [7, 11) is 0. The number of hydrogen-bond acceptors (Lipinski definition) is 6. The summed E-state index contributed by atoms with van der Waals surface area (Å²) in [6.45, 7) is 4.11. The number of benzene rings is 2. The third-order valence-corrected chi connectivity index (χ3v) is 8.54. The van der Waals surface area contributed by atoms with Crippen molar-refractivity contribution in [2.45, 2.75) is 76.5 Å². The van der Waals surface area contributed by atoms with Gasteiger partial charge in [0.15, 0.2) is 0 Å². The SMILES string of the molecule is CCC(C)C(NC(=O)C(CCCCN)NC(=O)C(N)Cc1c[nH]c2ccccc12)C(=O)NC(Cc1c[nH]c2ccccc12)C(=O)O. The van der Waals surface area contributed by atoms with E-state index in [2.05, 4.69) is 25.9 Å². The van der Waals surface area contributed by atoms with Crippen molar-refractivity contribution in [1.29, 1.82) is 0 Å². The van der Waals surface area contributed by atoms with Gasteiger partial charge in [-0.25, -0.2) is 4.79 Å². The molecule has 0 saturated carbocycles. The lowest BCUT2D eigenvalue weighted by molar-refractivity contribution is -0.142. The number of nitrogens with one attached hydrogen (secondary N) is 5. The maximum Gasteiger partial charge on any atom is 0.326 e. The summed E-state index contributed by atoms with van der Waals surface area (Å²) in [5, 5.41) is 20.0. The van der Waals surface area contributed by atoms with E-state index in [1.165, 1.54) is 0 Å². The molecule has 4 aromatic rings. The predicted molar refractivity (Wildman–Crippen MR) is 178 cm³/mol. The van der Waals surface area contributed by atoms with Crippen LogP contribution in [-0.4, -0.2) is 69.5 Å². The minimum atomic E-state index is -1.22. The van der Waals surface area contributed by atoms with Gasteiger partial charge in [-0.3, -0.25) is 14.4 Å². The molecule has 3 amide bonds. The highest BCUT2D eigenvalue weighted by Crippen LogP contribution is 2.21. The van der Waals surface area contributed by atoms with E-state index < -0.39 is 47.9 Å². The Hall–Kier alpha value is -4.68. The van der Waals surface area contributed by atoms with Crippen LogP contribution in [0.5, 0.6) is 0 Å². The van der Waals surface area contributed by atoms with Crippen LogP contribution in [0.15, 0.2) is 60.9 Å². The van der Waals surface area contributed by atoms with Crippen LogP contribution in [-0.2, 0) is 32.0 Å². The van der Waals surface area contributed by atoms with E-state index >= 15 is 0 Å². The number of H-pyrrole nitrogens is 2. The number of carbonyl (C=O) groups excluding carboxylic acids is 3. The van der Waals surface area contributed by atoms with Crippen molar-refractivity contribution in [3.63, 3.8) is 0 Å². The van der Waals surface area contributed by atoms with Gasteiger partial charge in [0.1, 0.15) is 18.1 Å². The molecule has 0 aliphatic carbocycles. The van der Waals surface area contributed by atoms with E-state index in [-0.39, 0.29) is 18.8 Å². The molecule has 0 aliphatic heterocycles. The fourth-order valence-corrected chi connectivity index (χ4v) is 5.61. The Morgan fingerprint density at radius 1 is 0.783 bits per heavy atom. The number of unbranched alkanes of at least 4 members (excludes halogenated alkanes) is 1. The van der Waals surface area contributed by atoms with Crippen LogP contribution in [0.3, 0.4) is 0 Å². The number of amides is 3. The zero-order valence-corrected chi connectivity index (χ0v) is 26.3. The van der Waals surface area contributed by atoms with Crippen LogP contribution in [0.25, 0.3) is 21.8 Å². The topological polar surface area (TPSA) is 208 Å². The second-order valence-corrected chi connectivity index (χ2v) is 11.9. The van der Waals surface area contributed by atoms with Gasteiger partial charge >= 0.3 is 5.97 Å². The van der Waals surface area contributed by atoms with Crippen molar-refractivity contribution in [2.24, 2.45) is 17.4 Å². The molecule has 12 heteroatoms. The van der Waals surface area contributed by atoms with E-state index in [9.17, 15) is 24.3 Å². The number of hydrogen-bond donors (Lipinski definition) is 8. The average molecular weight is 632 g/mol. The third-order valence-electron chi connectivity index (χ3n) is 8.54. The first-order valence-electron chi connectivity index (χ1n) is 15.8. The van der Waals surface area contributed by atoms with Gasteiger partial charge in [-0.1, -0.05) is 56.7 Å². The molecule has 246 valence electrons. The van der Waals surface area contributed by atoms with Crippen molar-refractivity contribution in [3.05, 3.63) is 72.1 Å². The summed E-state index contributed by atoms with van der Waals surface area (Å²) in [6, 6.07) is 11.1. The van der Waals surface area contributed by atoms with Crippen LogP contribution >= 0.6 is 0 Å². The molecule has 2 heterocycles. The van der Waals surface area contributed by atoms with Gasteiger partial charge in [-0.05, 0) is 61.4 Å². The number of nitrogens with two attached hydrogens (primary N) is 2. The van der Waals surface area contributed by atoms with E-state index in [1.54, 1.807) is 13.1 Å². The fraction of sp³-hybridized carbons (Fsp3) is 0.412. The molecular weight excluding hydrogens is 586 g/mol. The summed E-state index contributed by atoms with van der Waals surface area (Å²) in [5.41, 5.74) is 15.4. The Morgan fingerprint density at radius 3 is 1.91 bits per heavy atom. The predicted octanol–water partition coefficient (Wildman–Crippen LogP) is 2.48. The molecule has 5 unspecified atom stereocenters. The standard InChI is InChI=1S/C34H45N7O5/c1-3-20(2)30(33(44)40-29(34(45)46)17-22-19-38-27-13-7-5-11-24(22)27)41-32(43)28(14-8-9-15-35)39-31(42)25(36)16-21-18-37-26-12-6-4-10-23(21)26/h4-7,10-13,18-20,25,28-30,37-38H,3,8-9,14-17,35-36H2,1-2H3,(H,39,42)(H,40,44)(H,41,43)(H,45,46). The molecule has 2 aromatic carbocycles. The monoisotopic (exact) mass is 631 g/mol. The highest BCUT2D eigenvalue weighted by Gasteiger charge is 2.33. The Bertz CT molecular complexity index is 1650. The molecule has 0 bridgehead atoms. The minimum absolute atomic E-state index is 0.0539. The normalized spacial score (nSPS) is 14.7. The van der Waals surface area contributed by atoms with Gasteiger partial charge in [-0.2, -0.15) is 0 Å². The average Bonchev–Trinajstić information content (AvgIpc) is 3.66. The molecule has 4 rings (SSSR count). The molecule has 5 atom stereocenters. The molecule has 0 fully saturated rings. The van der Waals surface area contributed by atoms with Crippen molar-refractivity contribution >= 4 is 45.5 Å². The molecule has 10 N–H and O–H groups in total. The van der Waals surface area contributed by atoms with Gasteiger partial charge in [0, 0.05) is 40.6 Å². The number of fused-ring (bicyclic) bond motifs is 2. The van der Waals surface area contributed by atoms with Crippen LogP contribution in [0.1, 0.15) is 50.7 Å². The van der Waals surface area contributed by atoms with Gasteiger partial charge in [0.2, 0.25) is 17.7 Å². The summed E-state index contributed by atoms with van der Waals surface area (Å²) in [5.74, 6) is -3.17. The van der Waals surface area contributed by atoms with E-state index in [4.69, 9.17) is 11.5 Å². The lowest BCUT2D eigenvalue weighted by atomic mass is 9.96. The molecule has 0 radical (unpaired) electrons. The number of aromatic nitrogens is 2. The highest BCUT2D eigenvalue weighted by atomic mass is 16.4. The second kappa shape index (κ2) is 16.1. The number of rotatable bonds is 17. The maximum absolute atomic E-state index is 13.6. The second-order valence-electron chi connectivity index (χ2n) is 11.9. The lowest BCUT2D eigenvalue weighted by Crippen LogP contribution is -2.59. The fourth-order valence-electron chi connectivity index (χ4n) is 5.61. The number of carboxylic acid groups (broad SMARTS) is 1. The van der Waals surface area contributed by atoms with Gasteiger partial charge < -0.3 is 42.5 Å². The van der Waals surface area contributed by atoms with Gasteiger partial charge in [0.25, 0.3) is 0 Å². The largest absolute Gasteiger partial charge is 0.480 e. The first-order chi connectivity index (χ1) is 22.1. The van der Waals surface area contributed by atoms with Crippen LogP contribution in [0.2, 0.25) is 0 Å². The van der Waals surface area contributed by atoms with Crippen LogP contribution in [0.4, 0.5) is 0 Å². The first kappa shape index (κ1) is 34.2. The minimum Gasteiger partial charge on any atom is -0.480 e. The van der Waals surface area contributed by atoms with Crippen LogP contribution in [0, 0.1) is 5.92 Å². The van der Waals surface area contributed by atoms with E-state index in [0.29, 0.717) is 32.2 Å². The lowest BCUT2D eigenvalue weighted by Gasteiger charge is -2.28. The summed E-state index contributed by atoms with van der Waals surface area (Å²) < 4.78 is 0. The maximum atomic E-state index is 13.6. The van der Waals surface area contributed by atoms with Crippen molar-refractivity contribution in [3.8, 4) is 0 Å². The zero-order chi connectivity index (χ0) is 33.2. The molecule has 2 aromatic heterocycles. The third kappa shape index (κ3) is 8.52. The summed E-state index contributed by atoms with van der Waals surface area (Å²) in [6.07, 6.45) is 5.92. The number of carboxylic acids is 1. The Balaban J connectivity index is 1.45. The smallest absolute Gasteiger partial charge is 0.326 e. The van der Waals surface area contributed by atoms with Gasteiger partial charge in [-0.15, -0.1) is 0 Å². The number of para-hydroxylation sites is 2. The zero-order valence-electron chi connectivity index (χ0n) is 26.3. The number of carbonyl (C=O) groups is 4. The van der Waals surface area contributed by atoms with E-state index in [1.807, 2.05) is 61.7 Å². The number of aliphatic carboxylic acids is 1. The Kier molecular flexibility index (Phi) is 11.9. The van der Waals surface area contributed by atoms with Crippen molar-refractivity contribution in [1.82, 2.24) is 25.9 Å². The molecule has 46 heavy (non-hydrogen) atoms. The quantitative estimate of drug-likeness (QED) is 0.0816. The Labute approximate surface area is 268 Å². The Morgan fingerprint density at radius 2 is 1.35 bits per heavy atom. The van der Waals surface area contributed by atoms with Crippen LogP contribution < -0.4 is 27.4 Å². The first-order valence-corrected chi connectivity index (χ1v) is 15.8. The van der Waals surface area contributed by atoms with Crippen molar-refractivity contribution in [2.75, 3.05) is 6.54 Å². The molecular formula is C34H45N7O5. The molecule has 0 aliphatic rings.